The number of ether oxygens (including phenoxy) is 1. The van der Waals surface area contributed by atoms with Crippen molar-refractivity contribution in [1.29, 1.82) is 0 Å². The van der Waals surface area contributed by atoms with Gasteiger partial charge in [-0.3, -0.25) is 9.36 Å². The molecule has 1 aliphatic heterocycles. The maximum absolute atomic E-state index is 12.7. The fraction of sp³-hybridized carbons (Fsp3) is 0.318. The van der Waals surface area contributed by atoms with Crippen LogP contribution in [-0.4, -0.2) is 69.5 Å². The van der Waals surface area contributed by atoms with E-state index in [4.69, 9.17) is 16.3 Å². The van der Waals surface area contributed by atoms with Gasteiger partial charge in [-0.25, -0.2) is 0 Å². The summed E-state index contributed by atoms with van der Waals surface area (Å²) in [5.41, 5.74) is 0.916. The summed E-state index contributed by atoms with van der Waals surface area (Å²) in [6.07, 6.45) is 0. The average Bonchev–Trinajstić information content (AvgIpc) is 3.21. The molecule has 0 bridgehead atoms. The zero-order valence-electron chi connectivity index (χ0n) is 17.3. The third-order valence-electron chi connectivity index (χ3n) is 5.09. The molecule has 1 fully saturated rings. The number of rotatable bonds is 7. The van der Waals surface area contributed by atoms with Crippen molar-refractivity contribution < 1.29 is 9.53 Å². The predicted molar refractivity (Wildman–Crippen MR) is 122 cm³/mol. The number of piperazine rings is 1. The highest BCUT2D eigenvalue weighted by Crippen LogP contribution is 2.26. The van der Waals surface area contributed by atoms with Gasteiger partial charge in [0.2, 0.25) is 5.91 Å². The number of carbonyl (C=O) groups is 1. The molecule has 0 radical (unpaired) electrons. The van der Waals surface area contributed by atoms with Crippen molar-refractivity contribution in [3.63, 3.8) is 0 Å². The molecule has 4 rings (SSSR count). The first-order valence-corrected chi connectivity index (χ1v) is 11.4. The molecule has 9 heteroatoms. The second kappa shape index (κ2) is 10.2. The van der Waals surface area contributed by atoms with E-state index in [0.29, 0.717) is 27.5 Å². The minimum absolute atomic E-state index is 0.120. The van der Waals surface area contributed by atoms with Crippen LogP contribution in [0.4, 0.5) is 0 Å². The molecule has 1 aliphatic rings. The molecule has 162 valence electrons. The van der Waals surface area contributed by atoms with E-state index in [0.717, 1.165) is 31.9 Å². The first-order chi connectivity index (χ1) is 15.1. The van der Waals surface area contributed by atoms with E-state index in [9.17, 15) is 4.79 Å². The van der Waals surface area contributed by atoms with Crippen LogP contribution < -0.4 is 4.74 Å². The maximum atomic E-state index is 12.7. The standard InChI is InChI=1S/C22H24ClN5O2S/c1-26-11-13-27(14-12-26)21(29)16-31-22-25-24-20(28(22)17-7-3-2-4-8-17)15-30-19-10-6-5-9-18(19)23/h2-10H,11-16H2,1H3. The van der Waals surface area contributed by atoms with E-state index < -0.39 is 0 Å². The van der Waals surface area contributed by atoms with Crippen molar-refractivity contribution in [3.8, 4) is 11.4 Å². The van der Waals surface area contributed by atoms with Gasteiger partial charge in [-0.2, -0.15) is 0 Å². The normalized spacial score (nSPS) is 14.6. The summed E-state index contributed by atoms with van der Waals surface area (Å²) in [6, 6.07) is 17.2. The number of hydrogen-bond acceptors (Lipinski definition) is 6. The van der Waals surface area contributed by atoms with Gasteiger partial charge in [-0.1, -0.05) is 53.7 Å². The molecule has 0 spiro atoms. The second-order valence-electron chi connectivity index (χ2n) is 7.26. The largest absolute Gasteiger partial charge is 0.484 e. The van der Waals surface area contributed by atoms with Crippen molar-refractivity contribution in [3.05, 3.63) is 65.4 Å². The van der Waals surface area contributed by atoms with Gasteiger partial charge in [0.1, 0.15) is 12.4 Å². The van der Waals surface area contributed by atoms with Crippen LogP contribution in [0.3, 0.4) is 0 Å². The summed E-state index contributed by atoms with van der Waals surface area (Å²) in [6.45, 7) is 3.54. The SMILES string of the molecule is CN1CCN(C(=O)CSc2nnc(COc3ccccc3Cl)n2-c2ccccc2)CC1. The Labute approximate surface area is 191 Å². The highest BCUT2D eigenvalue weighted by Gasteiger charge is 2.21. The Bertz CT molecular complexity index is 1020. The van der Waals surface area contributed by atoms with Crippen LogP contribution in [0.25, 0.3) is 5.69 Å². The molecule has 7 nitrogen and oxygen atoms in total. The Morgan fingerprint density at radius 3 is 2.48 bits per heavy atom. The molecular weight excluding hydrogens is 434 g/mol. The van der Waals surface area contributed by atoms with E-state index in [-0.39, 0.29) is 12.5 Å². The molecule has 0 atom stereocenters. The van der Waals surface area contributed by atoms with Crippen LogP contribution in [0.15, 0.2) is 59.8 Å². The number of thioether (sulfide) groups is 1. The first kappa shape index (κ1) is 21.7. The zero-order valence-corrected chi connectivity index (χ0v) is 18.8. The van der Waals surface area contributed by atoms with E-state index in [1.54, 1.807) is 6.07 Å². The van der Waals surface area contributed by atoms with Crippen molar-refractivity contribution in [2.75, 3.05) is 39.0 Å². The van der Waals surface area contributed by atoms with Gasteiger partial charge in [0.15, 0.2) is 11.0 Å². The zero-order chi connectivity index (χ0) is 21.6. The van der Waals surface area contributed by atoms with Crippen LogP contribution in [0, 0.1) is 0 Å². The topological polar surface area (TPSA) is 63.5 Å². The molecule has 1 saturated heterocycles. The van der Waals surface area contributed by atoms with Gasteiger partial charge < -0.3 is 14.5 Å². The number of likely N-dealkylation sites (N-methyl/N-ethyl adjacent to an activating group) is 1. The summed E-state index contributed by atoms with van der Waals surface area (Å²) < 4.78 is 7.81. The summed E-state index contributed by atoms with van der Waals surface area (Å²) in [4.78, 5) is 16.8. The molecular formula is C22H24ClN5O2S. The smallest absolute Gasteiger partial charge is 0.233 e. The van der Waals surface area contributed by atoms with Gasteiger partial charge in [0, 0.05) is 31.9 Å². The number of halogens is 1. The fourth-order valence-electron chi connectivity index (χ4n) is 3.30. The van der Waals surface area contributed by atoms with Crippen molar-refractivity contribution in [1.82, 2.24) is 24.6 Å². The van der Waals surface area contributed by atoms with Gasteiger partial charge >= 0.3 is 0 Å². The molecule has 0 saturated carbocycles. The quantitative estimate of drug-likeness (QED) is 0.507. The lowest BCUT2D eigenvalue weighted by molar-refractivity contribution is -0.129. The van der Waals surface area contributed by atoms with Gasteiger partial charge in [0.25, 0.3) is 0 Å². The lowest BCUT2D eigenvalue weighted by Crippen LogP contribution is -2.47. The van der Waals surface area contributed by atoms with Crippen molar-refractivity contribution in [2.24, 2.45) is 0 Å². The molecule has 0 aliphatic carbocycles. The number of aromatic nitrogens is 3. The Morgan fingerprint density at radius 2 is 1.74 bits per heavy atom. The van der Waals surface area contributed by atoms with E-state index in [2.05, 4.69) is 22.1 Å². The molecule has 2 aromatic carbocycles. The van der Waals surface area contributed by atoms with Crippen LogP contribution in [-0.2, 0) is 11.4 Å². The third kappa shape index (κ3) is 5.39. The van der Waals surface area contributed by atoms with Crippen molar-refractivity contribution in [2.45, 2.75) is 11.8 Å². The number of nitrogens with zero attached hydrogens (tertiary/aromatic N) is 5. The highest BCUT2D eigenvalue weighted by molar-refractivity contribution is 7.99. The van der Waals surface area contributed by atoms with Crippen molar-refractivity contribution >= 4 is 29.3 Å². The minimum atomic E-state index is 0.120. The van der Waals surface area contributed by atoms with Gasteiger partial charge in [-0.05, 0) is 31.3 Å². The van der Waals surface area contributed by atoms with Gasteiger partial charge in [-0.15, -0.1) is 10.2 Å². The monoisotopic (exact) mass is 457 g/mol. The fourth-order valence-corrected chi connectivity index (χ4v) is 4.37. The molecule has 0 N–H and O–H groups in total. The Balaban J connectivity index is 1.49. The number of hydrogen-bond donors (Lipinski definition) is 0. The highest BCUT2D eigenvalue weighted by atomic mass is 35.5. The number of carbonyl (C=O) groups excluding carboxylic acids is 1. The van der Waals surface area contributed by atoms with E-state index in [1.165, 1.54) is 11.8 Å². The van der Waals surface area contributed by atoms with E-state index in [1.807, 2.05) is 58.0 Å². The Kier molecular flexibility index (Phi) is 7.11. The summed E-state index contributed by atoms with van der Waals surface area (Å²) in [7, 11) is 2.07. The van der Waals surface area contributed by atoms with E-state index >= 15 is 0 Å². The number of amides is 1. The lowest BCUT2D eigenvalue weighted by atomic mass is 10.3. The number of para-hydroxylation sites is 2. The second-order valence-corrected chi connectivity index (χ2v) is 8.61. The molecule has 1 aromatic heterocycles. The molecule has 31 heavy (non-hydrogen) atoms. The van der Waals surface area contributed by atoms with Gasteiger partial charge in [0.05, 0.1) is 10.8 Å². The summed E-state index contributed by atoms with van der Waals surface area (Å²) in [5.74, 6) is 1.67. The van der Waals surface area contributed by atoms with Crippen LogP contribution >= 0.6 is 23.4 Å². The number of benzene rings is 2. The molecule has 1 amide bonds. The first-order valence-electron chi connectivity index (χ1n) is 10.1. The minimum Gasteiger partial charge on any atom is -0.484 e. The average molecular weight is 458 g/mol. The van der Waals surface area contributed by atoms with Crippen LogP contribution in [0.2, 0.25) is 5.02 Å². The van der Waals surface area contributed by atoms with Crippen LogP contribution in [0.5, 0.6) is 5.75 Å². The van der Waals surface area contributed by atoms with Crippen LogP contribution in [0.1, 0.15) is 5.82 Å². The molecule has 2 heterocycles. The maximum Gasteiger partial charge on any atom is 0.233 e. The Morgan fingerprint density at radius 1 is 1.03 bits per heavy atom. The Hall–Kier alpha value is -2.55. The lowest BCUT2D eigenvalue weighted by Gasteiger charge is -2.32. The molecule has 0 unspecified atom stereocenters. The predicted octanol–water partition coefficient (Wildman–Crippen LogP) is 3.37. The third-order valence-corrected chi connectivity index (χ3v) is 6.31. The summed E-state index contributed by atoms with van der Waals surface area (Å²) in [5, 5.41) is 9.87. The molecule has 3 aromatic rings. The summed E-state index contributed by atoms with van der Waals surface area (Å²) >= 11 is 7.60.